The van der Waals surface area contributed by atoms with Crippen LogP contribution in [0.15, 0.2) is 23.4 Å². The van der Waals surface area contributed by atoms with E-state index in [0.717, 1.165) is 40.5 Å². The highest BCUT2D eigenvalue weighted by Gasteiger charge is 2.12. The van der Waals surface area contributed by atoms with Crippen molar-refractivity contribution in [1.29, 1.82) is 0 Å². The molecule has 2 aromatic rings. The van der Waals surface area contributed by atoms with Crippen LogP contribution in [-0.4, -0.2) is 36.4 Å². The fourth-order valence-electron chi connectivity index (χ4n) is 2.14. The van der Waals surface area contributed by atoms with Crippen molar-refractivity contribution in [2.45, 2.75) is 18.7 Å². The van der Waals surface area contributed by atoms with E-state index in [1.807, 2.05) is 12.3 Å². The number of rotatable bonds is 5. The van der Waals surface area contributed by atoms with E-state index in [0.29, 0.717) is 0 Å². The lowest BCUT2D eigenvalue weighted by Gasteiger charge is -2.21. The molecule has 0 saturated carbocycles. The van der Waals surface area contributed by atoms with Gasteiger partial charge in [-0.05, 0) is 26.2 Å². The third kappa shape index (κ3) is 2.61. The first-order chi connectivity index (χ1) is 9.24. The Morgan fingerprint density at radius 2 is 1.95 bits per heavy atom. The summed E-state index contributed by atoms with van der Waals surface area (Å²) < 4.78 is 5.40. The van der Waals surface area contributed by atoms with Crippen LogP contribution in [0.2, 0.25) is 0 Å². The molecule has 102 valence electrons. The molecule has 0 unspecified atom stereocenters. The molecule has 0 spiro atoms. The summed E-state index contributed by atoms with van der Waals surface area (Å²) in [5, 5.41) is 1.08. The minimum Gasteiger partial charge on any atom is -0.496 e. The molecule has 0 N–H and O–H groups in total. The largest absolute Gasteiger partial charge is 0.496 e. The zero-order valence-electron chi connectivity index (χ0n) is 11.8. The fraction of sp³-hybridized carbons (Fsp3) is 0.429. The van der Waals surface area contributed by atoms with Crippen LogP contribution in [0.1, 0.15) is 13.8 Å². The Labute approximate surface area is 118 Å². The topological polar surface area (TPSA) is 38.2 Å². The molecular formula is C14H19N3OS. The summed E-state index contributed by atoms with van der Waals surface area (Å²) in [6, 6.07) is 4.10. The van der Waals surface area contributed by atoms with Crippen molar-refractivity contribution in [2.75, 3.05) is 31.4 Å². The van der Waals surface area contributed by atoms with Crippen molar-refractivity contribution in [1.82, 2.24) is 9.97 Å². The first-order valence-electron chi connectivity index (χ1n) is 6.36. The van der Waals surface area contributed by atoms with Gasteiger partial charge in [0.15, 0.2) is 0 Å². The number of thioether (sulfide) groups is 1. The van der Waals surface area contributed by atoms with Crippen LogP contribution in [0, 0.1) is 0 Å². The van der Waals surface area contributed by atoms with Crippen molar-refractivity contribution in [3.63, 3.8) is 0 Å². The average Bonchev–Trinajstić information content (AvgIpc) is 2.47. The summed E-state index contributed by atoms with van der Waals surface area (Å²) in [5.41, 5.74) is 0.923. The molecule has 0 aliphatic carbocycles. The molecule has 1 heterocycles. The maximum Gasteiger partial charge on any atom is 0.139 e. The van der Waals surface area contributed by atoms with Gasteiger partial charge in [-0.3, -0.25) is 0 Å². The van der Waals surface area contributed by atoms with Crippen LogP contribution in [0.5, 0.6) is 5.75 Å². The maximum atomic E-state index is 5.40. The number of nitrogens with zero attached hydrogens (tertiary/aromatic N) is 3. The molecule has 0 atom stereocenters. The van der Waals surface area contributed by atoms with Gasteiger partial charge < -0.3 is 9.64 Å². The molecule has 0 aliphatic heterocycles. The van der Waals surface area contributed by atoms with E-state index in [2.05, 4.69) is 34.8 Å². The number of anilines is 1. The van der Waals surface area contributed by atoms with E-state index in [4.69, 9.17) is 4.74 Å². The van der Waals surface area contributed by atoms with Gasteiger partial charge in [-0.15, -0.1) is 11.8 Å². The summed E-state index contributed by atoms with van der Waals surface area (Å²) in [5.74, 6) is 1.86. The summed E-state index contributed by atoms with van der Waals surface area (Å²) in [7, 11) is 1.69. The van der Waals surface area contributed by atoms with E-state index in [1.165, 1.54) is 0 Å². The average molecular weight is 277 g/mol. The Kier molecular flexibility index (Phi) is 4.47. The molecule has 1 aromatic carbocycles. The Balaban J connectivity index is 2.66. The Morgan fingerprint density at radius 3 is 2.53 bits per heavy atom. The second kappa shape index (κ2) is 6.10. The third-order valence-electron chi connectivity index (χ3n) is 3.18. The Hall–Kier alpha value is -1.49. The third-order valence-corrected chi connectivity index (χ3v) is 3.94. The van der Waals surface area contributed by atoms with Crippen LogP contribution < -0.4 is 9.64 Å². The molecule has 0 aliphatic rings. The molecule has 4 nitrogen and oxygen atoms in total. The molecule has 5 heteroatoms. The van der Waals surface area contributed by atoms with Gasteiger partial charge in [0.1, 0.15) is 17.9 Å². The lowest BCUT2D eigenvalue weighted by Crippen LogP contribution is -2.23. The van der Waals surface area contributed by atoms with Gasteiger partial charge >= 0.3 is 0 Å². The molecule has 0 fully saturated rings. The van der Waals surface area contributed by atoms with Crippen LogP contribution >= 0.6 is 11.8 Å². The number of ether oxygens (including phenoxy) is 1. The summed E-state index contributed by atoms with van der Waals surface area (Å²) in [6.45, 7) is 6.14. The normalized spacial score (nSPS) is 10.7. The standard InChI is InChI=1S/C14H19N3OS/c1-5-17(6-2)14-10-7-13(19-4)12(18-3)8-11(10)15-9-16-14/h7-9H,5-6H2,1-4H3. The summed E-state index contributed by atoms with van der Waals surface area (Å²) in [6.07, 6.45) is 3.67. The number of methoxy groups -OCH3 is 1. The van der Waals surface area contributed by atoms with Crippen LogP contribution in [0.25, 0.3) is 10.9 Å². The van der Waals surface area contributed by atoms with Gasteiger partial charge in [0, 0.05) is 29.4 Å². The zero-order chi connectivity index (χ0) is 13.8. The van der Waals surface area contributed by atoms with E-state index < -0.39 is 0 Å². The van der Waals surface area contributed by atoms with Crippen molar-refractivity contribution < 1.29 is 4.74 Å². The number of hydrogen-bond acceptors (Lipinski definition) is 5. The zero-order valence-corrected chi connectivity index (χ0v) is 12.6. The predicted molar refractivity (Wildman–Crippen MR) is 81.4 cm³/mol. The van der Waals surface area contributed by atoms with Crippen LogP contribution in [0.4, 0.5) is 5.82 Å². The van der Waals surface area contributed by atoms with Crippen molar-refractivity contribution in [3.05, 3.63) is 18.5 Å². The SMILES string of the molecule is CCN(CC)c1ncnc2cc(OC)c(SC)cc12. The van der Waals surface area contributed by atoms with E-state index in [-0.39, 0.29) is 0 Å². The first kappa shape index (κ1) is 13.9. The molecule has 0 saturated heterocycles. The van der Waals surface area contributed by atoms with E-state index in [1.54, 1.807) is 25.2 Å². The monoisotopic (exact) mass is 277 g/mol. The molecule has 2 rings (SSSR count). The Bertz CT molecular complexity index is 570. The lowest BCUT2D eigenvalue weighted by molar-refractivity contribution is 0.405. The smallest absolute Gasteiger partial charge is 0.139 e. The van der Waals surface area contributed by atoms with E-state index in [9.17, 15) is 0 Å². The molecular weight excluding hydrogens is 258 g/mol. The second-order valence-electron chi connectivity index (χ2n) is 4.09. The van der Waals surface area contributed by atoms with Crippen molar-refractivity contribution >= 4 is 28.5 Å². The predicted octanol–water partition coefficient (Wildman–Crippen LogP) is 3.21. The molecule has 19 heavy (non-hydrogen) atoms. The van der Waals surface area contributed by atoms with Gasteiger partial charge in [0.25, 0.3) is 0 Å². The number of fused-ring (bicyclic) bond motifs is 1. The van der Waals surface area contributed by atoms with E-state index >= 15 is 0 Å². The molecule has 1 aromatic heterocycles. The molecule has 0 radical (unpaired) electrons. The molecule has 0 bridgehead atoms. The van der Waals surface area contributed by atoms with Crippen molar-refractivity contribution in [2.24, 2.45) is 0 Å². The highest BCUT2D eigenvalue weighted by molar-refractivity contribution is 7.98. The second-order valence-corrected chi connectivity index (χ2v) is 4.94. The maximum absolute atomic E-state index is 5.40. The van der Waals surface area contributed by atoms with Crippen LogP contribution in [0.3, 0.4) is 0 Å². The fourth-order valence-corrected chi connectivity index (χ4v) is 2.72. The quantitative estimate of drug-likeness (QED) is 0.785. The van der Waals surface area contributed by atoms with Crippen LogP contribution in [-0.2, 0) is 0 Å². The van der Waals surface area contributed by atoms with Gasteiger partial charge in [-0.25, -0.2) is 9.97 Å². The summed E-state index contributed by atoms with van der Waals surface area (Å²) >= 11 is 1.67. The highest BCUT2D eigenvalue weighted by Crippen LogP contribution is 2.34. The van der Waals surface area contributed by atoms with Gasteiger partial charge in [-0.2, -0.15) is 0 Å². The van der Waals surface area contributed by atoms with Gasteiger partial charge in [-0.1, -0.05) is 0 Å². The Morgan fingerprint density at radius 1 is 1.21 bits per heavy atom. The first-order valence-corrected chi connectivity index (χ1v) is 7.59. The van der Waals surface area contributed by atoms with Gasteiger partial charge in [0.2, 0.25) is 0 Å². The minimum atomic E-state index is 0.865. The van der Waals surface area contributed by atoms with Crippen molar-refractivity contribution in [3.8, 4) is 5.75 Å². The number of aromatic nitrogens is 2. The number of hydrogen-bond donors (Lipinski definition) is 0. The summed E-state index contributed by atoms with van der Waals surface area (Å²) in [4.78, 5) is 12.1. The number of benzene rings is 1. The highest BCUT2D eigenvalue weighted by atomic mass is 32.2. The lowest BCUT2D eigenvalue weighted by atomic mass is 10.2. The van der Waals surface area contributed by atoms with Gasteiger partial charge in [0.05, 0.1) is 12.6 Å². The minimum absolute atomic E-state index is 0.865. The molecule has 0 amide bonds.